The van der Waals surface area contributed by atoms with E-state index in [0.29, 0.717) is 10.8 Å². The van der Waals surface area contributed by atoms with E-state index in [1.807, 2.05) is 18.3 Å². The van der Waals surface area contributed by atoms with Gasteiger partial charge in [0.05, 0.1) is 6.42 Å². The van der Waals surface area contributed by atoms with E-state index in [9.17, 15) is 4.79 Å². The first kappa shape index (κ1) is 15.5. The van der Waals surface area contributed by atoms with Crippen LogP contribution in [0.15, 0.2) is 42.6 Å². The van der Waals surface area contributed by atoms with Gasteiger partial charge in [0.15, 0.2) is 11.9 Å². The maximum absolute atomic E-state index is 12.2. The second-order valence-electron chi connectivity index (χ2n) is 4.87. The van der Waals surface area contributed by atoms with Crippen molar-refractivity contribution in [2.75, 3.05) is 0 Å². The standard InChI is InChI=1S/C17H18ClNO2/c1-3-13-7-8-15(19-11-13)10-17(20)12(2)21-16-6-4-5-14(18)9-16/h4-9,11-12H,3,10H2,1-2H3. The normalized spacial score (nSPS) is 12.0. The average Bonchev–Trinajstić information content (AvgIpc) is 2.48. The van der Waals surface area contributed by atoms with Crippen molar-refractivity contribution in [3.63, 3.8) is 0 Å². The molecule has 2 rings (SSSR count). The molecule has 0 aliphatic rings. The van der Waals surface area contributed by atoms with Gasteiger partial charge in [-0.15, -0.1) is 0 Å². The van der Waals surface area contributed by atoms with E-state index in [4.69, 9.17) is 16.3 Å². The number of halogens is 1. The van der Waals surface area contributed by atoms with Gasteiger partial charge in [0.2, 0.25) is 0 Å². The number of pyridine rings is 1. The first-order valence-electron chi connectivity index (χ1n) is 6.97. The first-order valence-corrected chi connectivity index (χ1v) is 7.35. The van der Waals surface area contributed by atoms with E-state index in [1.165, 1.54) is 0 Å². The molecule has 0 spiro atoms. The molecular formula is C17H18ClNO2. The van der Waals surface area contributed by atoms with E-state index < -0.39 is 6.10 Å². The molecule has 3 nitrogen and oxygen atoms in total. The van der Waals surface area contributed by atoms with E-state index >= 15 is 0 Å². The molecule has 0 aliphatic carbocycles. The third-order valence-electron chi connectivity index (χ3n) is 3.21. The van der Waals surface area contributed by atoms with Crippen LogP contribution in [0.3, 0.4) is 0 Å². The summed E-state index contributed by atoms with van der Waals surface area (Å²) in [7, 11) is 0. The molecule has 1 unspecified atom stereocenters. The summed E-state index contributed by atoms with van der Waals surface area (Å²) in [4.78, 5) is 16.5. The summed E-state index contributed by atoms with van der Waals surface area (Å²) in [5.41, 5.74) is 1.92. The zero-order valence-corrected chi connectivity index (χ0v) is 12.9. The number of rotatable bonds is 6. The van der Waals surface area contributed by atoms with E-state index in [2.05, 4.69) is 11.9 Å². The summed E-state index contributed by atoms with van der Waals surface area (Å²) in [6.07, 6.45) is 2.49. The van der Waals surface area contributed by atoms with Gasteiger partial charge in [-0.2, -0.15) is 0 Å². The Morgan fingerprint density at radius 1 is 1.33 bits per heavy atom. The predicted octanol–water partition coefficient (Wildman–Crippen LogP) is 3.88. The largest absolute Gasteiger partial charge is 0.483 e. The Morgan fingerprint density at radius 2 is 2.14 bits per heavy atom. The van der Waals surface area contributed by atoms with Crippen LogP contribution in [0.25, 0.3) is 0 Å². The van der Waals surface area contributed by atoms with Crippen molar-refractivity contribution in [3.05, 3.63) is 58.9 Å². The second-order valence-corrected chi connectivity index (χ2v) is 5.31. The maximum Gasteiger partial charge on any atom is 0.178 e. The molecule has 110 valence electrons. The molecule has 4 heteroatoms. The fraction of sp³-hybridized carbons (Fsp3) is 0.294. The molecule has 1 atom stereocenters. The lowest BCUT2D eigenvalue weighted by Crippen LogP contribution is -2.25. The van der Waals surface area contributed by atoms with E-state index in [0.717, 1.165) is 17.7 Å². The Kier molecular flexibility index (Phi) is 5.34. The minimum Gasteiger partial charge on any atom is -0.483 e. The zero-order valence-electron chi connectivity index (χ0n) is 12.2. The zero-order chi connectivity index (χ0) is 15.2. The van der Waals surface area contributed by atoms with Gasteiger partial charge in [-0.05, 0) is 43.2 Å². The van der Waals surface area contributed by atoms with Crippen molar-refractivity contribution in [2.45, 2.75) is 32.8 Å². The number of aryl methyl sites for hydroxylation is 1. The fourth-order valence-corrected chi connectivity index (χ4v) is 2.08. The fourth-order valence-electron chi connectivity index (χ4n) is 1.90. The summed E-state index contributed by atoms with van der Waals surface area (Å²) in [6.45, 7) is 3.81. The van der Waals surface area contributed by atoms with Gasteiger partial charge >= 0.3 is 0 Å². The molecule has 0 saturated heterocycles. The lowest BCUT2D eigenvalue weighted by molar-refractivity contribution is -0.124. The van der Waals surface area contributed by atoms with Crippen LogP contribution in [0.5, 0.6) is 5.75 Å². The molecule has 0 bridgehead atoms. The molecule has 0 amide bonds. The van der Waals surface area contributed by atoms with Crippen LogP contribution in [0.2, 0.25) is 5.02 Å². The number of hydrogen-bond acceptors (Lipinski definition) is 3. The van der Waals surface area contributed by atoms with Gasteiger partial charge in [0.1, 0.15) is 5.75 Å². The number of ketones is 1. The van der Waals surface area contributed by atoms with Gasteiger partial charge < -0.3 is 4.74 Å². The van der Waals surface area contributed by atoms with Crippen molar-refractivity contribution in [1.29, 1.82) is 0 Å². The highest BCUT2D eigenvalue weighted by Crippen LogP contribution is 2.18. The van der Waals surface area contributed by atoms with Gasteiger partial charge in [0, 0.05) is 16.9 Å². The highest BCUT2D eigenvalue weighted by Gasteiger charge is 2.16. The highest BCUT2D eigenvalue weighted by atomic mass is 35.5. The minimum absolute atomic E-state index is 0.00766. The van der Waals surface area contributed by atoms with Crippen molar-refractivity contribution in [1.82, 2.24) is 4.98 Å². The van der Waals surface area contributed by atoms with Crippen LogP contribution < -0.4 is 4.74 Å². The number of hydrogen-bond donors (Lipinski definition) is 0. The van der Waals surface area contributed by atoms with Gasteiger partial charge in [-0.1, -0.05) is 30.7 Å². The third-order valence-corrected chi connectivity index (χ3v) is 3.45. The van der Waals surface area contributed by atoms with Gasteiger partial charge in [-0.3, -0.25) is 9.78 Å². The first-order chi connectivity index (χ1) is 10.1. The molecule has 1 heterocycles. The molecule has 0 saturated carbocycles. The number of carbonyl (C=O) groups is 1. The third kappa shape index (κ3) is 4.57. The molecule has 0 fully saturated rings. The number of Topliss-reactive ketones (excluding diaryl/α,β-unsaturated/α-hetero) is 1. The predicted molar refractivity (Wildman–Crippen MR) is 83.9 cm³/mol. The lowest BCUT2D eigenvalue weighted by Gasteiger charge is -2.13. The smallest absolute Gasteiger partial charge is 0.178 e. The topological polar surface area (TPSA) is 39.2 Å². The van der Waals surface area contributed by atoms with Crippen LogP contribution in [0, 0.1) is 0 Å². The van der Waals surface area contributed by atoms with E-state index in [1.54, 1.807) is 31.2 Å². The number of benzene rings is 1. The molecule has 21 heavy (non-hydrogen) atoms. The molecule has 1 aromatic carbocycles. The van der Waals surface area contributed by atoms with Gasteiger partial charge in [-0.25, -0.2) is 0 Å². The molecular weight excluding hydrogens is 286 g/mol. The van der Waals surface area contributed by atoms with Crippen LogP contribution in [0.1, 0.15) is 25.1 Å². The summed E-state index contributed by atoms with van der Waals surface area (Å²) >= 11 is 5.89. The molecule has 0 N–H and O–H groups in total. The van der Waals surface area contributed by atoms with Crippen molar-refractivity contribution < 1.29 is 9.53 Å². The summed E-state index contributed by atoms with van der Waals surface area (Å²) in [5, 5.41) is 0.587. The SMILES string of the molecule is CCc1ccc(CC(=O)C(C)Oc2cccc(Cl)c2)nc1. The molecule has 2 aromatic rings. The summed E-state index contributed by atoms with van der Waals surface area (Å²) < 4.78 is 5.61. The molecule has 0 aliphatic heterocycles. The summed E-state index contributed by atoms with van der Waals surface area (Å²) in [5.74, 6) is 0.587. The number of ether oxygens (including phenoxy) is 1. The quantitative estimate of drug-likeness (QED) is 0.813. The number of carbonyl (C=O) groups excluding carboxylic acids is 1. The Balaban J connectivity index is 1.95. The van der Waals surface area contributed by atoms with E-state index in [-0.39, 0.29) is 12.2 Å². The number of aromatic nitrogens is 1. The van der Waals surface area contributed by atoms with Gasteiger partial charge in [0.25, 0.3) is 0 Å². The lowest BCUT2D eigenvalue weighted by atomic mass is 10.1. The Bertz CT molecular complexity index is 610. The van der Waals surface area contributed by atoms with Crippen LogP contribution in [-0.4, -0.2) is 16.9 Å². The highest BCUT2D eigenvalue weighted by molar-refractivity contribution is 6.30. The van der Waals surface area contributed by atoms with Crippen LogP contribution >= 0.6 is 11.6 Å². The molecule has 0 radical (unpaired) electrons. The monoisotopic (exact) mass is 303 g/mol. The second kappa shape index (κ2) is 7.23. The molecule has 1 aromatic heterocycles. The van der Waals surface area contributed by atoms with Crippen molar-refractivity contribution >= 4 is 17.4 Å². The van der Waals surface area contributed by atoms with Crippen LogP contribution in [-0.2, 0) is 17.6 Å². The maximum atomic E-state index is 12.2. The van der Waals surface area contributed by atoms with Crippen molar-refractivity contribution in [3.8, 4) is 5.75 Å². The minimum atomic E-state index is -0.531. The number of nitrogens with zero attached hydrogens (tertiary/aromatic N) is 1. The summed E-state index contributed by atoms with van der Waals surface area (Å²) in [6, 6.07) is 10.9. The Labute approximate surface area is 129 Å². The Morgan fingerprint density at radius 3 is 2.76 bits per heavy atom. The van der Waals surface area contributed by atoms with Crippen molar-refractivity contribution in [2.24, 2.45) is 0 Å². The van der Waals surface area contributed by atoms with Crippen LogP contribution in [0.4, 0.5) is 0 Å². The average molecular weight is 304 g/mol. The Hall–Kier alpha value is -1.87.